The Bertz CT molecular complexity index is 320. The Morgan fingerprint density at radius 1 is 1.05 bits per heavy atom. The molecule has 2 aliphatic rings. The van der Waals surface area contributed by atoms with Crippen molar-refractivity contribution < 1.29 is 19.8 Å². The van der Waals surface area contributed by atoms with Crippen molar-refractivity contribution in [3.8, 4) is 0 Å². The molecule has 2 aliphatic heterocycles. The SMILES string of the molecule is CC(O)N1CCCC1=O.CCC(O)N1CCCC1=O. The normalized spacial score (nSPS) is 22.3. The molecule has 0 aromatic carbocycles. The quantitative estimate of drug-likeness (QED) is 0.773. The van der Waals surface area contributed by atoms with Crippen LogP contribution in [0.25, 0.3) is 0 Å². The predicted molar refractivity (Wildman–Crippen MR) is 69.9 cm³/mol. The molecule has 2 rings (SSSR count). The van der Waals surface area contributed by atoms with E-state index in [9.17, 15) is 14.7 Å². The lowest BCUT2D eigenvalue weighted by Crippen LogP contribution is -2.35. The molecule has 19 heavy (non-hydrogen) atoms. The second-order valence-electron chi connectivity index (χ2n) is 4.90. The highest BCUT2D eigenvalue weighted by molar-refractivity contribution is 5.78. The molecule has 0 spiro atoms. The highest BCUT2D eigenvalue weighted by Gasteiger charge is 2.24. The Kier molecular flexibility index (Phi) is 6.24. The molecule has 0 aliphatic carbocycles. The first-order valence-corrected chi connectivity index (χ1v) is 6.92. The van der Waals surface area contributed by atoms with Gasteiger partial charge in [0.15, 0.2) is 0 Å². The molecule has 0 aromatic rings. The standard InChI is InChI=1S/C7H13NO2.C6H11NO2/c1-2-6(9)8-5-3-4-7(8)10;1-5(8)7-4-2-3-6(7)9/h6,9H,2-5H2,1H3;5,8H,2-4H2,1H3. The van der Waals surface area contributed by atoms with Crippen LogP contribution in [-0.2, 0) is 9.59 Å². The summed E-state index contributed by atoms with van der Waals surface area (Å²) in [5, 5.41) is 18.2. The Morgan fingerprint density at radius 3 is 1.79 bits per heavy atom. The monoisotopic (exact) mass is 272 g/mol. The Balaban J connectivity index is 0.000000191. The summed E-state index contributed by atoms with van der Waals surface area (Å²) in [6.45, 7) is 4.93. The zero-order valence-electron chi connectivity index (χ0n) is 11.7. The zero-order valence-corrected chi connectivity index (χ0v) is 11.7. The number of aliphatic hydroxyl groups excluding tert-OH is 2. The van der Waals surface area contributed by atoms with Gasteiger partial charge >= 0.3 is 0 Å². The van der Waals surface area contributed by atoms with Gasteiger partial charge in [0.2, 0.25) is 11.8 Å². The number of rotatable bonds is 3. The van der Waals surface area contributed by atoms with E-state index in [1.165, 1.54) is 4.90 Å². The van der Waals surface area contributed by atoms with Crippen molar-refractivity contribution in [2.24, 2.45) is 0 Å². The second-order valence-corrected chi connectivity index (χ2v) is 4.90. The van der Waals surface area contributed by atoms with Crippen LogP contribution in [0, 0.1) is 0 Å². The number of hydrogen-bond acceptors (Lipinski definition) is 4. The van der Waals surface area contributed by atoms with Crippen LogP contribution in [0.4, 0.5) is 0 Å². The molecule has 0 aromatic heterocycles. The Morgan fingerprint density at radius 2 is 1.53 bits per heavy atom. The molecule has 2 saturated heterocycles. The van der Waals surface area contributed by atoms with Crippen molar-refractivity contribution in [1.82, 2.24) is 9.80 Å². The molecule has 6 nitrogen and oxygen atoms in total. The highest BCUT2D eigenvalue weighted by atomic mass is 16.3. The minimum Gasteiger partial charge on any atom is -0.374 e. The number of amides is 2. The second kappa shape index (κ2) is 7.45. The molecule has 2 unspecified atom stereocenters. The molecule has 0 bridgehead atoms. The lowest BCUT2D eigenvalue weighted by molar-refractivity contribution is -0.137. The van der Waals surface area contributed by atoms with Gasteiger partial charge in [-0.05, 0) is 26.2 Å². The maximum Gasteiger partial charge on any atom is 0.224 e. The van der Waals surface area contributed by atoms with Crippen molar-refractivity contribution in [3.05, 3.63) is 0 Å². The molecule has 6 heteroatoms. The molecule has 0 saturated carbocycles. The molecular weight excluding hydrogens is 248 g/mol. The first-order valence-electron chi connectivity index (χ1n) is 6.92. The van der Waals surface area contributed by atoms with E-state index >= 15 is 0 Å². The van der Waals surface area contributed by atoms with Crippen LogP contribution in [0.1, 0.15) is 46.0 Å². The summed E-state index contributed by atoms with van der Waals surface area (Å²) in [6, 6.07) is 0. The predicted octanol–water partition coefficient (Wildman–Crippen LogP) is 0.284. The van der Waals surface area contributed by atoms with Gasteiger partial charge in [-0.1, -0.05) is 6.92 Å². The maximum atomic E-state index is 10.9. The zero-order chi connectivity index (χ0) is 14.4. The summed E-state index contributed by atoms with van der Waals surface area (Å²) in [5.74, 6) is 0.166. The third kappa shape index (κ3) is 4.47. The minimum absolute atomic E-state index is 0.0741. The smallest absolute Gasteiger partial charge is 0.224 e. The van der Waals surface area contributed by atoms with E-state index in [0.29, 0.717) is 19.3 Å². The third-order valence-corrected chi connectivity index (χ3v) is 3.40. The van der Waals surface area contributed by atoms with Crippen LogP contribution in [-0.4, -0.2) is 57.4 Å². The minimum atomic E-state index is -0.597. The number of likely N-dealkylation sites (tertiary alicyclic amines) is 2. The van der Waals surface area contributed by atoms with Crippen LogP contribution in [0.3, 0.4) is 0 Å². The van der Waals surface area contributed by atoms with Gasteiger partial charge in [-0.25, -0.2) is 0 Å². The van der Waals surface area contributed by atoms with Crippen LogP contribution in [0.5, 0.6) is 0 Å². The van der Waals surface area contributed by atoms with Crippen molar-refractivity contribution in [2.75, 3.05) is 13.1 Å². The van der Waals surface area contributed by atoms with Crippen LogP contribution < -0.4 is 0 Å². The van der Waals surface area contributed by atoms with Crippen LogP contribution in [0.15, 0.2) is 0 Å². The molecule has 2 N–H and O–H groups in total. The summed E-state index contributed by atoms with van der Waals surface area (Å²) >= 11 is 0. The molecule has 2 fully saturated rings. The van der Waals surface area contributed by atoms with Crippen molar-refractivity contribution >= 4 is 11.8 Å². The maximum absolute atomic E-state index is 10.9. The average molecular weight is 272 g/mol. The van der Waals surface area contributed by atoms with E-state index in [4.69, 9.17) is 5.11 Å². The molecule has 2 atom stereocenters. The molecule has 2 amide bonds. The van der Waals surface area contributed by atoms with E-state index < -0.39 is 12.5 Å². The molecule has 0 radical (unpaired) electrons. The van der Waals surface area contributed by atoms with E-state index in [0.717, 1.165) is 25.9 Å². The fourth-order valence-electron chi connectivity index (χ4n) is 2.27. The highest BCUT2D eigenvalue weighted by Crippen LogP contribution is 2.13. The van der Waals surface area contributed by atoms with Gasteiger partial charge < -0.3 is 20.0 Å². The lowest BCUT2D eigenvalue weighted by atomic mass is 10.4. The van der Waals surface area contributed by atoms with Crippen molar-refractivity contribution in [1.29, 1.82) is 0 Å². The topological polar surface area (TPSA) is 81.1 Å². The van der Waals surface area contributed by atoms with E-state index in [1.54, 1.807) is 11.8 Å². The molecule has 110 valence electrons. The van der Waals surface area contributed by atoms with Gasteiger partial charge in [0.25, 0.3) is 0 Å². The van der Waals surface area contributed by atoms with Gasteiger partial charge in [0.1, 0.15) is 12.5 Å². The summed E-state index contributed by atoms with van der Waals surface area (Å²) in [6.07, 6.45) is 2.49. The van der Waals surface area contributed by atoms with Gasteiger partial charge in [0.05, 0.1) is 0 Å². The Hall–Kier alpha value is -1.14. The first-order chi connectivity index (χ1) is 8.97. The summed E-state index contributed by atoms with van der Waals surface area (Å²) in [4.78, 5) is 24.8. The summed E-state index contributed by atoms with van der Waals surface area (Å²) in [7, 11) is 0. The average Bonchev–Trinajstić information content (AvgIpc) is 2.97. The Labute approximate surface area is 114 Å². The van der Waals surface area contributed by atoms with Gasteiger partial charge in [-0.2, -0.15) is 0 Å². The first kappa shape index (κ1) is 15.9. The van der Waals surface area contributed by atoms with Gasteiger partial charge in [0, 0.05) is 25.9 Å². The third-order valence-electron chi connectivity index (χ3n) is 3.40. The van der Waals surface area contributed by atoms with E-state index in [-0.39, 0.29) is 11.8 Å². The summed E-state index contributed by atoms with van der Waals surface area (Å²) in [5.41, 5.74) is 0. The summed E-state index contributed by atoms with van der Waals surface area (Å²) < 4.78 is 0. The largest absolute Gasteiger partial charge is 0.374 e. The number of aliphatic hydroxyl groups is 2. The lowest BCUT2D eigenvalue weighted by Gasteiger charge is -2.20. The van der Waals surface area contributed by atoms with E-state index in [2.05, 4.69) is 0 Å². The number of hydrogen-bond donors (Lipinski definition) is 2. The number of carbonyl (C=O) groups is 2. The van der Waals surface area contributed by atoms with Crippen molar-refractivity contribution in [3.63, 3.8) is 0 Å². The molecule has 2 heterocycles. The van der Waals surface area contributed by atoms with Gasteiger partial charge in [-0.15, -0.1) is 0 Å². The fraction of sp³-hybridized carbons (Fsp3) is 0.846. The fourth-order valence-corrected chi connectivity index (χ4v) is 2.27. The van der Waals surface area contributed by atoms with E-state index in [1.807, 2.05) is 6.92 Å². The number of nitrogens with zero attached hydrogens (tertiary/aromatic N) is 2. The number of carbonyl (C=O) groups excluding carboxylic acids is 2. The van der Waals surface area contributed by atoms with Gasteiger partial charge in [-0.3, -0.25) is 9.59 Å². The molecular formula is C13H24N2O4. The van der Waals surface area contributed by atoms with Crippen LogP contribution in [0.2, 0.25) is 0 Å². The van der Waals surface area contributed by atoms with Crippen molar-refractivity contribution in [2.45, 2.75) is 58.4 Å². The van der Waals surface area contributed by atoms with Crippen LogP contribution >= 0.6 is 0 Å².